The van der Waals surface area contributed by atoms with Crippen molar-refractivity contribution in [3.05, 3.63) is 47.0 Å². The Morgan fingerprint density at radius 1 is 1.12 bits per heavy atom. The molecule has 1 saturated heterocycles. The van der Waals surface area contributed by atoms with Gasteiger partial charge in [0.25, 0.3) is 0 Å². The highest BCUT2D eigenvalue weighted by Gasteiger charge is 2.23. The number of hydrogen-bond donors (Lipinski definition) is 0. The predicted octanol–water partition coefficient (Wildman–Crippen LogP) is 4.23. The predicted molar refractivity (Wildman–Crippen MR) is 95.2 cm³/mol. The van der Waals surface area contributed by atoms with Crippen molar-refractivity contribution >= 4 is 6.21 Å². The van der Waals surface area contributed by atoms with E-state index in [0.29, 0.717) is 12.1 Å². The smallest absolute Gasteiger partial charge is 0.123 e. The molecule has 4 nitrogen and oxygen atoms in total. The molecule has 128 valence electrons. The summed E-state index contributed by atoms with van der Waals surface area (Å²) in [4.78, 5) is 0. The molecular weight excluding hydrogens is 303 g/mol. The maximum Gasteiger partial charge on any atom is 0.123 e. The molecule has 2 atom stereocenters. The first kappa shape index (κ1) is 16.7. The number of benzene rings is 1. The van der Waals surface area contributed by atoms with E-state index in [1.54, 1.807) is 12.1 Å². The van der Waals surface area contributed by atoms with Crippen LogP contribution in [0.1, 0.15) is 50.1 Å². The highest BCUT2D eigenvalue weighted by atomic mass is 19.1. The second-order valence-electron chi connectivity index (χ2n) is 6.73. The third-order valence-electron chi connectivity index (χ3n) is 4.89. The Kier molecular flexibility index (Phi) is 4.69. The minimum Gasteiger partial charge on any atom is -0.292 e. The first-order valence-corrected chi connectivity index (χ1v) is 8.62. The molecule has 0 saturated carbocycles. The van der Waals surface area contributed by atoms with E-state index >= 15 is 0 Å². The van der Waals surface area contributed by atoms with E-state index in [1.807, 2.05) is 24.7 Å². The van der Waals surface area contributed by atoms with Crippen molar-refractivity contribution in [2.75, 3.05) is 0 Å². The molecule has 1 aromatic carbocycles. The van der Waals surface area contributed by atoms with E-state index in [1.165, 1.54) is 31.4 Å². The zero-order valence-electron chi connectivity index (χ0n) is 14.8. The lowest BCUT2D eigenvalue weighted by molar-refractivity contribution is 0.109. The standard InChI is InChI=1S/C19H25FN4/c1-13-6-5-7-14(2)23(13)21-12-19-15(3)22-24(16(19)4)18-10-8-17(20)9-11-18/h8-14H,5-7H2,1-4H3/b21-12-/t13-,14-/m1/s1. The van der Waals surface area contributed by atoms with Crippen LogP contribution in [-0.4, -0.2) is 33.1 Å². The molecule has 2 aromatic rings. The van der Waals surface area contributed by atoms with Gasteiger partial charge in [0.2, 0.25) is 0 Å². The van der Waals surface area contributed by atoms with Crippen LogP contribution in [0.3, 0.4) is 0 Å². The molecular formula is C19H25FN4. The van der Waals surface area contributed by atoms with Gasteiger partial charge in [-0.05, 0) is 71.2 Å². The van der Waals surface area contributed by atoms with Gasteiger partial charge in [-0.1, -0.05) is 0 Å². The Labute approximate surface area is 143 Å². The number of halogens is 1. The van der Waals surface area contributed by atoms with Crippen molar-refractivity contribution < 1.29 is 4.39 Å². The number of aromatic nitrogens is 2. The summed E-state index contributed by atoms with van der Waals surface area (Å²) in [7, 11) is 0. The van der Waals surface area contributed by atoms with Gasteiger partial charge in [-0.2, -0.15) is 10.2 Å². The number of piperidine rings is 1. The van der Waals surface area contributed by atoms with Gasteiger partial charge in [0.1, 0.15) is 5.82 Å². The summed E-state index contributed by atoms with van der Waals surface area (Å²) in [5.41, 5.74) is 3.83. The average Bonchev–Trinajstić information content (AvgIpc) is 2.83. The topological polar surface area (TPSA) is 33.4 Å². The molecule has 5 heteroatoms. The van der Waals surface area contributed by atoms with Gasteiger partial charge in [-0.3, -0.25) is 5.01 Å². The Morgan fingerprint density at radius 2 is 1.75 bits per heavy atom. The Hall–Kier alpha value is -2.17. The van der Waals surface area contributed by atoms with Crippen LogP contribution < -0.4 is 0 Å². The van der Waals surface area contributed by atoms with Gasteiger partial charge in [-0.25, -0.2) is 9.07 Å². The first-order valence-electron chi connectivity index (χ1n) is 8.62. The Bertz CT molecular complexity index is 723. The van der Waals surface area contributed by atoms with Crippen LogP contribution in [0.2, 0.25) is 0 Å². The van der Waals surface area contributed by atoms with E-state index in [-0.39, 0.29) is 5.82 Å². The fraction of sp³-hybridized carbons (Fsp3) is 0.474. The summed E-state index contributed by atoms with van der Waals surface area (Å²) in [6.45, 7) is 8.47. The fourth-order valence-corrected chi connectivity index (χ4v) is 3.43. The zero-order valence-corrected chi connectivity index (χ0v) is 14.8. The molecule has 0 bridgehead atoms. The molecule has 1 aromatic heterocycles. The second-order valence-corrected chi connectivity index (χ2v) is 6.73. The summed E-state index contributed by atoms with van der Waals surface area (Å²) >= 11 is 0. The number of rotatable bonds is 3. The molecule has 0 amide bonds. The molecule has 1 aliphatic rings. The Balaban J connectivity index is 1.89. The minimum absolute atomic E-state index is 0.241. The van der Waals surface area contributed by atoms with E-state index in [2.05, 4.69) is 24.0 Å². The summed E-state index contributed by atoms with van der Waals surface area (Å²) in [6.07, 6.45) is 5.58. The number of nitrogens with zero attached hydrogens (tertiary/aromatic N) is 4. The monoisotopic (exact) mass is 328 g/mol. The van der Waals surface area contributed by atoms with Crippen LogP contribution in [0.5, 0.6) is 0 Å². The van der Waals surface area contributed by atoms with Crippen LogP contribution >= 0.6 is 0 Å². The van der Waals surface area contributed by atoms with Crippen molar-refractivity contribution in [1.29, 1.82) is 0 Å². The van der Waals surface area contributed by atoms with Gasteiger partial charge in [-0.15, -0.1) is 0 Å². The van der Waals surface area contributed by atoms with Crippen molar-refractivity contribution in [1.82, 2.24) is 14.8 Å². The molecule has 0 unspecified atom stereocenters. The molecule has 0 N–H and O–H groups in total. The average molecular weight is 328 g/mol. The molecule has 1 aliphatic heterocycles. The first-order chi connectivity index (χ1) is 11.5. The quantitative estimate of drug-likeness (QED) is 0.790. The van der Waals surface area contributed by atoms with E-state index in [0.717, 1.165) is 22.6 Å². The zero-order chi connectivity index (χ0) is 17.3. The van der Waals surface area contributed by atoms with Crippen LogP contribution in [0.15, 0.2) is 29.4 Å². The highest BCUT2D eigenvalue weighted by molar-refractivity contribution is 5.82. The lowest BCUT2D eigenvalue weighted by Gasteiger charge is -2.36. The number of aryl methyl sites for hydroxylation is 1. The Morgan fingerprint density at radius 3 is 2.38 bits per heavy atom. The van der Waals surface area contributed by atoms with E-state index < -0.39 is 0 Å². The molecule has 0 radical (unpaired) electrons. The van der Waals surface area contributed by atoms with Gasteiger partial charge < -0.3 is 0 Å². The number of hydrazone groups is 1. The second kappa shape index (κ2) is 6.75. The van der Waals surface area contributed by atoms with Gasteiger partial charge >= 0.3 is 0 Å². The molecule has 0 aliphatic carbocycles. The molecule has 3 rings (SSSR count). The molecule has 1 fully saturated rings. The fourth-order valence-electron chi connectivity index (χ4n) is 3.43. The summed E-state index contributed by atoms with van der Waals surface area (Å²) in [6, 6.07) is 7.33. The van der Waals surface area contributed by atoms with Crippen molar-refractivity contribution in [2.24, 2.45) is 5.10 Å². The lowest BCUT2D eigenvalue weighted by atomic mass is 10.00. The largest absolute Gasteiger partial charge is 0.292 e. The van der Waals surface area contributed by atoms with Crippen molar-refractivity contribution in [3.8, 4) is 5.69 Å². The van der Waals surface area contributed by atoms with Crippen LogP contribution in [0.4, 0.5) is 4.39 Å². The maximum absolute atomic E-state index is 13.1. The third-order valence-corrected chi connectivity index (χ3v) is 4.89. The van der Waals surface area contributed by atoms with Crippen molar-refractivity contribution in [3.63, 3.8) is 0 Å². The lowest BCUT2D eigenvalue weighted by Crippen LogP contribution is -2.39. The van der Waals surface area contributed by atoms with Crippen LogP contribution in [0, 0.1) is 19.7 Å². The normalized spacial score (nSPS) is 21.6. The van der Waals surface area contributed by atoms with Crippen molar-refractivity contribution in [2.45, 2.75) is 59.0 Å². The van der Waals surface area contributed by atoms with Crippen LogP contribution in [-0.2, 0) is 0 Å². The van der Waals surface area contributed by atoms with Crippen LogP contribution in [0.25, 0.3) is 5.69 Å². The SMILES string of the molecule is Cc1nn(-c2ccc(F)cc2)c(C)c1/C=N\N1[C@H](C)CCC[C@H]1C. The summed E-state index contributed by atoms with van der Waals surface area (Å²) < 4.78 is 15.0. The minimum atomic E-state index is -0.241. The number of hydrogen-bond acceptors (Lipinski definition) is 3. The third kappa shape index (κ3) is 3.21. The maximum atomic E-state index is 13.1. The van der Waals surface area contributed by atoms with Gasteiger partial charge in [0.15, 0.2) is 0 Å². The summed E-state index contributed by atoms with van der Waals surface area (Å²) in [5, 5.41) is 11.6. The molecule has 0 spiro atoms. The summed E-state index contributed by atoms with van der Waals surface area (Å²) in [5.74, 6) is -0.241. The highest BCUT2D eigenvalue weighted by Crippen LogP contribution is 2.23. The van der Waals surface area contributed by atoms with Gasteiger partial charge in [0, 0.05) is 17.6 Å². The van der Waals surface area contributed by atoms with Gasteiger partial charge in [0.05, 0.1) is 23.3 Å². The van der Waals surface area contributed by atoms with E-state index in [4.69, 9.17) is 5.10 Å². The molecule has 2 heterocycles. The van der Waals surface area contributed by atoms with E-state index in [9.17, 15) is 4.39 Å². The molecule has 24 heavy (non-hydrogen) atoms.